The number of anilines is 1. The molecule has 0 bridgehead atoms. The van der Waals surface area contributed by atoms with Crippen LogP contribution in [0.3, 0.4) is 0 Å². The smallest absolute Gasteiger partial charge is 0.317 e. The third-order valence-corrected chi connectivity index (χ3v) is 4.13. The summed E-state index contributed by atoms with van der Waals surface area (Å²) in [7, 11) is 0. The topological polar surface area (TPSA) is 70.6 Å². The second-order valence-corrected chi connectivity index (χ2v) is 5.87. The third kappa shape index (κ3) is 4.59. The monoisotopic (exact) mass is 341 g/mol. The second-order valence-electron chi connectivity index (χ2n) is 5.87. The number of carbonyl (C=O) groups is 1. The molecule has 0 spiro atoms. The van der Waals surface area contributed by atoms with Crippen molar-refractivity contribution >= 4 is 12.0 Å². The highest BCUT2D eigenvalue weighted by molar-refractivity contribution is 5.74. The molecule has 1 aromatic heterocycles. The van der Waals surface area contributed by atoms with Gasteiger partial charge in [-0.2, -0.15) is 0 Å². The minimum absolute atomic E-state index is 0.0537. The fourth-order valence-corrected chi connectivity index (χ4v) is 2.71. The van der Waals surface area contributed by atoms with Crippen molar-refractivity contribution in [2.24, 2.45) is 0 Å². The molecule has 7 nitrogen and oxygen atoms in total. The van der Waals surface area contributed by atoms with Gasteiger partial charge >= 0.3 is 6.03 Å². The van der Waals surface area contributed by atoms with E-state index in [1.807, 2.05) is 36.1 Å². The van der Waals surface area contributed by atoms with Crippen molar-refractivity contribution in [3.05, 3.63) is 48.3 Å². The molecule has 3 rings (SSSR count). The van der Waals surface area contributed by atoms with Crippen LogP contribution >= 0.6 is 0 Å². The first-order valence-electron chi connectivity index (χ1n) is 8.47. The average molecular weight is 341 g/mol. The van der Waals surface area contributed by atoms with Crippen LogP contribution in [0.15, 0.2) is 42.7 Å². The molecule has 132 valence electrons. The zero-order chi connectivity index (χ0) is 17.5. The molecular formula is C18H23N5O2. The van der Waals surface area contributed by atoms with E-state index in [2.05, 4.69) is 20.2 Å². The van der Waals surface area contributed by atoms with E-state index >= 15 is 0 Å². The van der Waals surface area contributed by atoms with Crippen LogP contribution in [0.1, 0.15) is 5.56 Å². The summed E-state index contributed by atoms with van der Waals surface area (Å²) in [6, 6.07) is 9.60. The Balaban J connectivity index is 1.37. The zero-order valence-electron chi connectivity index (χ0n) is 14.4. The van der Waals surface area contributed by atoms with Crippen molar-refractivity contribution in [1.29, 1.82) is 0 Å². The number of hydrogen-bond donors (Lipinski definition) is 1. The lowest BCUT2D eigenvalue weighted by atomic mass is 10.2. The van der Waals surface area contributed by atoms with Crippen LogP contribution in [0.5, 0.6) is 5.75 Å². The highest BCUT2D eigenvalue weighted by Crippen LogP contribution is 2.15. The van der Waals surface area contributed by atoms with E-state index in [-0.39, 0.29) is 6.03 Å². The maximum Gasteiger partial charge on any atom is 0.317 e. The molecule has 1 aromatic carbocycles. The number of hydrogen-bond acceptors (Lipinski definition) is 5. The number of nitrogens with one attached hydrogen (secondary N) is 1. The SMILES string of the molecule is Cc1ccccc1OCCNC(=O)N1CCN(c2ncccn2)CC1. The Labute approximate surface area is 147 Å². The number of benzene rings is 1. The van der Waals surface area contributed by atoms with Gasteiger partial charge in [0.25, 0.3) is 0 Å². The molecule has 0 saturated carbocycles. The first kappa shape index (κ1) is 17.0. The zero-order valence-corrected chi connectivity index (χ0v) is 14.4. The maximum absolute atomic E-state index is 12.2. The van der Waals surface area contributed by atoms with Crippen LogP contribution in [0.2, 0.25) is 0 Å². The van der Waals surface area contributed by atoms with E-state index in [4.69, 9.17) is 4.74 Å². The lowest BCUT2D eigenvalue weighted by molar-refractivity contribution is 0.191. The quantitative estimate of drug-likeness (QED) is 0.838. The van der Waals surface area contributed by atoms with E-state index in [0.717, 1.165) is 24.4 Å². The highest BCUT2D eigenvalue weighted by Gasteiger charge is 2.22. The van der Waals surface area contributed by atoms with Gasteiger partial charge in [-0.1, -0.05) is 18.2 Å². The van der Waals surface area contributed by atoms with Gasteiger partial charge in [0.1, 0.15) is 12.4 Å². The number of aromatic nitrogens is 2. The van der Waals surface area contributed by atoms with Gasteiger partial charge in [0.05, 0.1) is 6.54 Å². The molecule has 1 aliphatic heterocycles. The normalized spacial score (nSPS) is 14.3. The molecule has 0 atom stereocenters. The van der Waals surface area contributed by atoms with Crippen molar-refractivity contribution in [2.45, 2.75) is 6.92 Å². The largest absolute Gasteiger partial charge is 0.491 e. The Hall–Kier alpha value is -2.83. The standard InChI is InChI=1S/C18H23N5O2/c1-15-5-2-3-6-16(15)25-14-9-21-18(24)23-12-10-22(11-13-23)17-19-7-4-8-20-17/h2-8H,9-14H2,1H3,(H,21,24). The molecule has 1 aliphatic rings. The molecule has 2 heterocycles. The molecule has 0 aliphatic carbocycles. The Morgan fingerprint density at radius 2 is 1.84 bits per heavy atom. The number of piperazine rings is 1. The van der Waals surface area contributed by atoms with Gasteiger partial charge in [0, 0.05) is 38.6 Å². The van der Waals surface area contributed by atoms with Crippen molar-refractivity contribution < 1.29 is 9.53 Å². The lowest BCUT2D eigenvalue weighted by Crippen LogP contribution is -2.52. The number of nitrogens with zero attached hydrogens (tertiary/aromatic N) is 4. The van der Waals surface area contributed by atoms with Crippen LogP contribution < -0.4 is 15.0 Å². The summed E-state index contributed by atoms with van der Waals surface area (Å²) in [6.45, 7) is 5.72. The van der Waals surface area contributed by atoms with E-state index < -0.39 is 0 Å². The van der Waals surface area contributed by atoms with Crippen LogP contribution in [0.25, 0.3) is 0 Å². The Kier molecular flexibility index (Phi) is 5.66. The molecule has 1 N–H and O–H groups in total. The van der Waals surface area contributed by atoms with Crippen LogP contribution in [0, 0.1) is 6.92 Å². The number of ether oxygens (including phenoxy) is 1. The number of rotatable bonds is 5. The van der Waals surface area contributed by atoms with Crippen molar-refractivity contribution in [3.8, 4) is 5.75 Å². The average Bonchev–Trinajstić information content (AvgIpc) is 2.67. The van der Waals surface area contributed by atoms with Gasteiger partial charge < -0.3 is 19.9 Å². The molecule has 2 aromatic rings. The summed E-state index contributed by atoms with van der Waals surface area (Å²) < 4.78 is 5.69. The first-order valence-corrected chi connectivity index (χ1v) is 8.47. The first-order chi connectivity index (χ1) is 12.2. The van der Waals surface area contributed by atoms with Gasteiger partial charge in [-0.25, -0.2) is 14.8 Å². The minimum atomic E-state index is -0.0537. The number of urea groups is 1. The number of aryl methyl sites for hydroxylation is 1. The highest BCUT2D eigenvalue weighted by atomic mass is 16.5. The molecule has 1 fully saturated rings. The van der Waals surface area contributed by atoms with E-state index in [0.29, 0.717) is 32.2 Å². The van der Waals surface area contributed by atoms with E-state index in [1.165, 1.54) is 0 Å². The Morgan fingerprint density at radius 3 is 2.56 bits per heavy atom. The predicted octanol–water partition coefficient (Wildman–Crippen LogP) is 1.70. The molecule has 0 unspecified atom stereocenters. The van der Waals surface area contributed by atoms with Crippen LogP contribution in [0.4, 0.5) is 10.7 Å². The van der Waals surface area contributed by atoms with E-state index in [9.17, 15) is 4.79 Å². The number of amides is 2. The van der Waals surface area contributed by atoms with Crippen molar-refractivity contribution in [3.63, 3.8) is 0 Å². The number of carbonyl (C=O) groups excluding carboxylic acids is 1. The van der Waals surface area contributed by atoms with Gasteiger partial charge in [-0.3, -0.25) is 0 Å². The summed E-state index contributed by atoms with van der Waals surface area (Å²) in [5.74, 6) is 1.57. The van der Waals surface area contributed by atoms with Crippen LogP contribution in [-0.4, -0.2) is 60.2 Å². The Bertz CT molecular complexity index is 687. The summed E-state index contributed by atoms with van der Waals surface area (Å²) in [4.78, 5) is 24.6. The minimum Gasteiger partial charge on any atom is -0.491 e. The molecule has 1 saturated heterocycles. The maximum atomic E-state index is 12.2. The summed E-state index contributed by atoms with van der Waals surface area (Å²) in [6.07, 6.45) is 3.46. The summed E-state index contributed by atoms with van der Waals surface area (Å²) in [5.41, 5.74) is 1.09. The molecular weight excluding hydrogens is 318 g/mol. The van der Waals surface area contributed by atoms with Crippen molar-refractivity contribution in [1.82, 2.24) is 20.2 Å². The third-order valence-electron chi connectivity index (χ3n) is 4.13. The predicted molar refractivity (Wildman–Crippen MR) is 95.9 cm³/mol. The molecule has 0 radical (unpaired) electrons. The lowest BCUT2D eigenvalue weighted by Gasteiger charge is -2.34. The second kappa shape index (κ2) is 8.32. The van der Waals surface area contributed by atoms with Gasteiger partial charge in [-0.05, 0) is 24.6 Å². The summed E-state index contributed by atoms with van der Waals surface area (Å²) >= 11 is 0. The fraction of sp³-hybridized carbons (Fsp3) is 0.389. The van der Waals surface area contributed by atoms with E-state index in [1.54, 1.807) is 18.5 Å². The van der Waals surface area contributed by atoms with Gasteiger partial charge in [0.15, 0.2) is 0 Å². The molecule has 2 amide bonds. The fourth-order valence-electron chi connectivity index (χ4n) is 2.71. The molecule has 25 heavy (non-hydrogen) atoms. The summed E-state index contributed by atoms with van der Waals surface area (Å²) in [5, 5.41) is 2.91. The van der Waals surface area contributed by atoms with Gasteiger partial charge in [-0.15, -0.1) is 0 Å². The van der Waals surface area contributed by atoms with Crippen molar-refractivity contribution in [2.75, 3.05) is 44.2 Å². The Morgan fingerprint density at radius 1 is 1.12 bits per heavy atom. The van der Waals surface area contributed by atoms with Crippen LogP contribution in [-0.2, 0) is 0 Å². The van der Waals surface area contributed by atoms with Gasteiger partial charge in [0.2, 0.25) is 5.95 Å². The number of para-hydroxylation sites is 1. The molecule has 7 heteroatoms.